The number of carbonyl (C=O) groups excluding carboxylic acids is 1. The molecule has 4 nitrogen and oxygen atoms in total. The minimum Gasteiger partial charge on any atom is -0.504 e. The first-order chi connectivity index (χ1) is 7.72. The molecule has 0 radical (unpaired) electrons. The van der Waals surface area contributed by atoms with Gasteiger partial charge in [0.1, 0.15) is 0 Å². The van der Waals surface area contributed by atoms with Crippen molar-refractivity contribution in [2.75, 3.05) is 21.3 Å². The Labute approximate surface area is 95.9 Å². The van der Waals surface area contributed by atoms with E-state index in [4.69, 9.17) is 14.2 Å². The van der Waals surface area contributed by atoms with Gasteiger partial charge < -0.3 is 14.2 Å². The summed E-state index contributed by atoms with van der Waals surface area (Å²) in [6.07, 6.45) is 6.00. The van der Waals surface area contributed by atoms with Crippen molar-refractivity contribution in [3.05, 3.63) is 23.7 Å². The fourth-order valence-corrected chi connectivity index (χ4v) is 1.83. The number of methoxy groups -OCH3 is 3. The Hall–Kier alpha value is -1.45. The van der Waals surface area contributed by atoms with E-state index in [1.807, 2.05) is 6.08 Å². The highest BCUT2D eigenvalue weighted by Crippen LogP contribution is 2.30. The third-order valence-corrected chi connectivity index (χ3v) is 2.74. The molecule has 0 saturated carbocycles. The second-order valence-electron chi connectivity index (χ2n) is 3.65. The zero-order valence-electron chi connectivity index (χ0n) is 9.99. The number of allylic oxidation sites excluding steroid dienone is 2. The molecule has 0 fully saturated rings. The van der Waals surface area contributed by atoms with Gasteiger partial charge in [0.15, 0.2) is 0 Å². The standard InChI is InChI=1S/C12H18O4/c1-14-8-11(12(13)16-3)9-4-6-10(15-2)7-5-9/h6,8-9H,4-5,7H2,1-3H3/b11-8-. The molecule has 0 heterocycles. The van der Waals surface area contributed by atoms with Gasteiger partial charge >= 0.3 is 5.97 Å². The van der Waals surface area contributed by atoms with Gasteiger partial charge in [-0.15, -0.1) is 0 Å². The highest BCUT2D eigenvalue weighted by molar-refractivity contribution is 5.88. The third kappa shape index (κ3) is 3.02. The summed E-state index contributed by atoms with van der Waals surface area (Å²) in [5.41, 5.74) is 0.594. The van der Waals surface area contributed by atoms with Gasteiger partial charge in [0, 0.05) is 6.42 Å². The Morgan fingerprint density at radius 2 is 2.19 bits per heavy atom. The Morgan fingerprint density at radius 1 is 1.44 bits per heavy atom. The van der Waals surface area contributed by atoms with E-state index in [1.165, 1.54) is 20.5 Å². The van der Waals surface area contributed by atoms with Crippen molar-refractivity contribution in [2.24, 2.45) is 5.92 Å². The molecule has 1 rings (SSSR count). The molecule has 0 aromatic rings. The first kappa shape index (κ1) is 12.6. The third-order valence-electron chi connectivity index (χ3n) is 2.74. The molecule has 0 aromatic heterocycles. The molecule has 0 amide bonds. The molecular weight excluding hydrogens is 208 g/mol. The van der Waals surface area contributed by atoms with Crippen LogP contribution >= 0.6 is 0 Å². The van der Waals surface area contributed by atoms with Gasteiger partial charge in [0.05, 0.1) is 38.9 Å². The van der Waals surface area contributed by atoms with Crippen LogP contribution in [0.5, 0.6) is 0 Å². The van der Waals surface area contributed by atoms with Crippen LogP contribution in [0.4, 0.5) is 0 Å². The monoisotopic (exact) mass is 226 g/mol. The predicted molar refractivity (Wildman–Crippen MR) is 59.5 cm³/mol. The molecule has 16 heavy (non-hydrogen) atoms. The van der Waals surface area contributed by atoms with Crippen molar-refractivity contribution in [3.8, 4) is 0 Å². The van der Waals surface area contributed by atoms with Gasteiger partial charge in [-0.3, -0.25) is 0 Å². The Bertz CT molecular complexity index is 304. The van der Waals surface area contributed by atoms with E-state index in [2.05, 4.69) is 0 Å². The van der Waals surface area contributed by atoms with Gasteiger partial charge in [0.25, 0.3) is 0 Å². The van der Waals surface area contributed by atoms with Crippen LogP contribution in [0.25, 0.3) is 0 Å². The molecule has 1 aliphatic carbocycles. The average Bonchev–Trinajstić information content (AvgIpc) is 2.35. The topological polar surface area (TPSA) is 44.8 Å². The lowest BCUT2D eigenvalue weighted by Gasteiger charge is -2.22. The summed E-state index contributed by atoms with van der Waals surface area (Å²) in [6.45, 7) is 0. The maximum Gasteiger partial charge on any atom is 0.337 e. The SMILES string of the molecule is CO/C=C(\C(=O)OC)C1CC=C(OC)CC1. The summed E-state index contributed by atoms with van der Waals surface area (Å²) in [4.78, 5) is 11.5. The molecule has 4 heteroatoms. The summed E-state index contributed by atoms with van der Waals surface area (Å²) in [5, 5.41) is 0. The fourth-order valence-electron chi connectivity index (χ4n) is 1.83. The lowest BCUT2D eigenvalue weighted by atomic mass is 9.87. The van der Waals surface area contributed by atoms with E-state index in [1.54, 1.807) is 7.11 Å². The highest BCUT2D eigenvalue weighted by atomic mass is 16.5. The van der Waals surface area contributed by atoms with E-state index < -0.39 is 0 Å². The summed E-state index contributed by atoms with van der Waals surface area (Å²) >= 11 is 0. The fraction of sp³-hybridized carbons (Fsp3) is 0.583. The number of esters is 1. The van der Waals surface area contributed by atoms with E-state index in [9.17, 15) is 4.79 Å². The zero-order valence-corrected chi connectivity index (χ0v) is 9.99. The van der Waals surface area contributed by atoms with Crippen LogP contribution < -0.4 is 0 Å². The minimum absolute atomic E-state index is 0.159. The number of rotatable bonds is 4. The molecule has 0 spiro atoms. The van der Waals surface area contributed by atoms with Gasteiger partial charge in [-0.2, -0.15) is 0 Å². The lowest BCUT2D eigenvalue weighted by Crippen LogP contribution is -2.17. The summed E-state index contributed by atoms with van der Waals surface area (Å²) in [7, 11) is 4.58. The summed E-state index contributed by atoms with van der Waals surface area (Å²) < 4.78 is 14.8. The molecule has 1 atom stereocenters. The van der Waals surface area contributed by atoms with E-state index >= 15 is 0 Å². The molecular formula is C12H18O4. The summed E-state index contributed by atoms with van der Waals surface area (Å²) in [5.74, 6) is 0.824. The second kappa shape index (κ2) is 6.20. The smallest absolute Gasteiger partial charge is 0.337 e. The molecule has 0 N–H and O–H groups in total. The van der Waals surface area contributed by atoms with E-state index in [0.717, 1.165) is 25.0 Å². The second-order valence-corrected chi connectivity index (χ2v) is 3.65. The normalized spacial score (nSPS) is 21.1. The first-order valence-corrected chi connectivity index (χ1v) is 5.27. The maximum absolute atomic E-state index is 11.5. The number of carbonyl (C=O) groups is 1. The van der Waals surface area contributed by atoms with Crippen LogP contribution in [0.15, 0.2) is 23.7 Å². The van der Waals surface area contributed by atoms with Gasteiger partial charge in [-0.25, -0.2) is 4.79 Å². The molecule has 0 saturated heterocycles. The van der Waals surface area contributed by atoms with E-state index in [-0.39, 0.29) is 11.9 Å². The van der Waals surface area contributed by atoms with Crippen molar-refractivity contribution in [1.29, 1.82) is 0 Å². The summed E-state index contributed by atoms with van der Waals surface area (Å²) in [6, 6.07) is 0. The molecule has 1 unspecified atom stereocenters. The van der Waals surface area contributed by atoms with Crippen LogP contribution in [0.3, 0.4) is 0 Å². The quantitative estimate of drug-likeness (QED) is 0.418. The Balaban J connectivity index is 2.72. The number of hydrogen-bond acceptors (Lipinski definition) is 4. The largest absolute Gasteiger partial charge is 0.504 e. The van der Waals surface area contributed by atoms with Crippen LogP contribution in [0.1, 0.15) is 19.3 Å². The zero-order chi connectivity index (χ0) is 12.0. The van der Waals surface area contributed by atoms with Gasteiger partial charge in [0.2, 0.25) is 0 Å². The van der Waals surface area contributed by atoms with Crippen molar-refractivity contribution in [1.82, 2.24) is 0 Å². The van der Waals surface area contributed by atoms with Crippen LogP contribution in [-0.2, 0) is 19.0 Å². The van der Waals surface area contributed by atoms with Crippen molar-refractivity contribution < 1.29 is 19.0 Å². The lowest BCUT2D eigenvalue weighted by molar-refractivity contribution is -0.137. The van der Waals surface area contributed by atoms with Crippen LogP contribution in [0, 0.1) is 5.92 Å². The molecule has 90 valence electrons. The molecule has 0 bridgehead atoms. The van der Waals surface area contributed by atoms with Crippen molar-refractivity contribution in [2.45, 2.75) is 19.3 Å². The Kier molecular flexibility index (Phi) is 4.89. The average molecular weight is 226 g/mol. The van der Waals surface area contributed by atoms with Crippen molar-refractivity contribution in [3.63, 3.8) is 0 Å². The van der Waals surface area contributed by atoms with Gasteiger partial charge in [-0.05, 0) is 24.8 Å². The van der Waals surface area contributed by atoms with Crippen LogP contribution in [0.2, 0.25) is 0 Å². The highest BCUT2D eigenvalue weighted by Gasteiger charge is 2.24. The Morgan fingerprint density at radius 3 is 2.62 bits per heavy atom. The minimum atomic E-state index is -0.318. The molecule has 0 aromatic carbocycles. The van der Waals surface area contributed by atoms with Gasteiger partial charge in [-0.1, -0.05) is 0 Å². The number of hydrogen-bond donors (Lipinski definition) is 0. The first-order valence-electron chi connectivity index (χ1n) is 5.27. The van der Waals surface area contributed by atoms with Crippen LogP contribution in [-0.4, -0.2) is 27.3 Å². The molecule has 0 aliphatic heterocycles. The maximum atomic E-state index is 11.5. The molecule has 1 aliphatic rings. The number of ether oxygens (including phenoxy) is 3. The predicted octanol–water partition coefficient (Wildman–Crippen LogP) is 2.02. The van der Waals surface area contributed by atoms with Crippen molar-refractivity contribution >= 4 is 5.97 Å². The van der Waals surface area contributed by atoms with E-state index in [0.29, 0.717) is 5.57 Å².